The van der Waals surface area contributed by atoms with Crippen molar-refractivity contribution in [2.45, 2.75) is 4.90 Å². The van der Waals surface area contributed by atoms with Crippen molar-refractivity contribution in [3.63, 3.8) is 0 Å². The van der Waals surface area contributed by atoms with E-state index in [1.807, 2.05) is 18.2 Å². The molecule has 4 aromatic rings. The SMILES string of the molecule is O=C(Nc1ccc(NS(=O)(=O)c2ccc3c(c2)OCCO3)cc1)c1cnc2ccccc2n1. The van der Waals surface area contributed by atoms with E-state index < -0.39 is 15.9 Å². The third-order valence-corrected chi connectivity index (χ3v) is 6.28. The second kappa shape index (κ2) is 8.40. The molecule has 1 aromatic heterocycles. The Kier molecular flexibility index (Phi) is 5.27. The molecule has 166 valence electrons. The first kappa shape index (κ1) is 20.7. The molecule has 0 saturated carbocycles. The molecule has 3 aromatic carbocycles. The summed E-state index contributed by atoms with van der Waals surface area (Å²) < 4.78 is 38.9. The second-order valence-corrected chi connectivity index (χ2v) is 8.87. The highest BCUT2D eigenvalue weighted by Gasteiger charge is 2.19. The van der Waals surface area contributed by atoms with Gasteiger partial charge in [0.15, 0.2) is 11.5 Å². The minimum absolute atomic E-state index is 0.0546. The van der Waals surface area contributed by atoms with Crippen LogP contribution in [-0.4, -0.2) is 37.5 Å². The van der Waals surface area contributed by atoms with Gasteiger partial charge in [-0.2, -0.15) is 0 Å². The Morgan fingerprint density at radius 1 is 0.848 bits per heavy atom. The van der Waals surface area contributed by atoms with E-state index in [2.05, 4.69) is 20.0 Å². The van der Waals surface area contributed by atoms with Crippen molar-refractivity contribution in [2.24, 2.45) is 0 Å². The number of benzene rings is 3. The summed E-state index contributed by atoms with van der Waals surface area (Å²) in [6.45, 7) is 0.787. The molecule has 33 heavy (non-hydrogen) atoms. The first-order chi connectivity index (χ1) is 16.0. The molecular weight excluding hydrogens is 444 g/mol. The second-order valence-electron chi connectivity index (χ2n) is 7.19. The van der Waals surface area contributed by atoms with Gasteiger partial charge in [0, 0.05) is 17.4 Å². The normalized spacial score (nSPS) is 12.8. The Bertz CT molecular complexity index is 1460. The minimum Gasteiger partial charge on any atom is -0.486 e. The lowest BCUT2D eigenvalue weighted by molar-refractivity contribution is 0.102. The van der Waals surface area contributed by atoms with Crippen molar-refractivity contribution < 1.29 is 22.7 Å². The van der Waals surface area contributed by atoms with Crippen LogP contribution in [-0.2, 0) is 10.0 Å². The number of hydrogen-bond donors (Lipinski definition) is 2. The zero-order chi connectivity index (χ0) is 22.8. The lowest BCUT2D eigenvalue weighted by Gasteiger charge is -2.19. The van der Waals surface area contributed by atoms with E-state index in [4.69, 9.17) is 9.47 Å². The fourth-order valence-electron chi connectivity index (χ4n) is 3.29. The standard InChI is InChI=1S/C23H18N4O5S/c28-23(20-14-24-18-3-1-2-4-19(18)26-20)25-15-5-7-16(8-6-15)27-33(29,30)17-9-10-21-22(13-17)32-12-11-31-21/h1-10,13-14,27H,11-12H2,(H,25,28). The summed E-state index contributed by atoms with van der Waals surface area (Å²) >= 11 is 0. The highest BCUT2D eigenvalue weighted by molar-refractivity contribution is 7.92. The largest absolute Gasteiger partial charge is 0.486 e. The van der Waals surface area contributed by atoms with Crippen molar-refractivity contribution in [1.29, 1.82) is 0 Å². The van der Waals surface area contributed by atoms with Gasteiger partial charge in [-0.25, -0.2) is 13.4 Å². The van der Waals surface area contributed by atoms with Gasteiger partial charge in [0.25, 0.3) is 15.9 Å². The van der Waals surface area contributed by atoms with Crippen molar-refractivity contribution in [3.8, 4) is 11.5 Å². The van der Waals surface area contributed by atoms with Crippen LogP contribution >= 0.6 is 0 Å². The molecule has 0 aliphatic carbocycles. The number of nitrogens with zero attached hydrogens (tertiary/aromatic N) is 2. The van der Waals surface area contributed by atoms with E-state index >= 15 is 0 Å². The van der Waals surface area contributed by atoms with E-state index in [9.17, 15) is 13.2 Å². The van der Waals surface area contributed by atoms with Crippen molar-refractivity contribution in [2.75, 3.05) is 23.3 Å². The molecule has 9 nitrogen and oxygen atoms in total. The van der Waals surface area contributed by atoms with Crippen molar-refractivity contribution in [3.05, 3.63) is 78.6 Å². The molecule has 1 aliphatic heterocycles. The highest BCUT2D eigenvalue weighted by Crippen LogP contribution is 2.32. The van der Waals surface area contributed by atoms with Gasteiger partial charge in [-0.15, -0.1) is 0 Å². The maximum Gasteiger partial charge on any atom is 0.275 e. The third-order valence-electron chi connectivity index (χ3n) is 4.90. The van der Waals surface area contributed by atoms with Crippen molar-refractivity contribution in [1.82, 2.24) is 9.97 Å². The highest BCUT2D eigenvalue weighted by atomic mass is 32.2. The molecule has 1 aliphatic rings. The molecule has 0 atom stereocenters. The smallest absolute Gasteiger partial charge is 0.275 e. The Morgan fingerprint density at radius 2 is 1.55 bits per heavy atom. The molecule has 0 radical (unpaired) electrons. The molecular formula is C23H18N4O5S. The van der Waals surface area contributed by atoms with Crippen molar-refractivity contribution >= 4 is 38.3 Å². The van der Waals surface area contributed by atoms with E-state index in [-0.39, 0.29) is 10.6 Å². The lowest BCUT2D eigenvalue weighted by Crippen LogP contribution is -2.17. The maximum absolute atomic E-state index is 12.7. The summed E-state index contributed by atoms with van der Waals surface area (Å²) in [5.74, 6) is 0.480. The van der Waals surface area contributed by atoms with Gasteiger partial charge in [-0.3, -0.25) is 14.5 Å². The first-order valence-electron chi connectivity index (χ1n) is 10.0. The molecule has 5 rings (SSSR count). The van der Waals surface area contributed by atoms with E-state index in [1.165, 1.54) is 18.3 Å². The molecule has 0 saturated heterocycles. The number of fused-ring (bicyclic) bond motifs is 2. The van der Waals surface area contributed by atoms with Gasteiger partial charge < -0.3 is 14.8 Å². The summed E-state index contributed by atoms with van der Waals surface area (Å²) in [6, 6.07) is 18.0. The Labute approximate surface area is 189 Å². The van der Waals surface area contributed by atoms with Gasteiger partial charge in [0.2, 0.25) is 0 Å². The monoisotopic (exact) mass is 462 g/mol. The summed E-state index contributed by atoms with van der Waals surface area (Å²) in [5.41, 5.74) is 2.32. The molecule has 2 heterocycles. The van der Waals surface area contributed by atoms with Gasteiger partial charge in [-0.05, 0) is 48.5 Å². The molecule has 1 amide bonds. The Morgan fingerprint density at radius 3 is 2.33 bits per heavy atom. The van der Waals surface area contributed by atoms with Gasteiger partial charge in [0.1, 0.15) is 18.9 Å². The molecule has 10 heteroatoms. The molecule has 0 bridgehead atoms. The number of carbonyl (C=O) groups is 1. The van der Waals surface area contributed by atoms with E-state index in [0.717, 1.165) is 0 Å². The van der Waals surface area contributed by atoms with Gasteiger partial charge in [-0.1, -0.05) is 12.1 Å². The predicted molar refractivity (Wildman–Crippen MR) is 122 cm³/mol. The average molecular weight is 462 g/mol. The van der Waals surface area contributed by atoms with Crippen LogP contribution in [0.2, 0.25) is 0 Å². The maximum atomic E-state index is 12.7. The van der Waals surface area contributed by atoms with Crippen LogP contribution in [0.1, 0.15) is 10.5 Å². The van der Waals surface area contributed by atoms with Crippen LogP contribution in [0.5, 0.6) is 11.5 Å². The number of rotatable bonds is 5. The van der Waals surface area contributed by atoms with Crippen LogP contribution in [0.15, 0.2) is 77.8 Å². The fraction of sp³-hybridized carbons (Fsp3) is 0.0870. The third kappa shape index (κ3) is 4.41. The van der Waals surface area contributed by atoms with Crippen LogP contribution < -0.4 is 19.5 Å². The number of ether oxygens (including phenoxy) is 2. The lowest BCUT2D eigenvalue weighted by atomic mass is 10.2. The Balaban J connectivity index is 1.28. The Hall–Kier alpha value is -4.18. The van der Waals surface area contributed by atoms with Crippen LogP contribution in [0.3, 0.4) is 0 Å². The van der Waals surface area contributed by atoms with Gasteiger partial charge in [0.05, 0.1) is 22.1 Å². The number of para-hydroxylation sites is 2. The van der Waals surface area contributed by atoms with Crippen LogP contribution in [0.4, 0.5) is 11.4 Å². The molecule has 0 fully saturated rings. The topological polar surface area (TPSA) is 120 Å². The van der Waals surface area contributed by atoms with Crippen LogP contribution in [0.25, 0.3) is 11.0 Å². The van der Waals surface area contributed by atoms with E-state index in [1.54, 1.807) is 36.4 Å². The number of amides is 1. The molecule has 0 spiro atoms. The van der Waals surface area contributed by atoms with E-state index in [0.29, 0.717) is 47.1 Å². The average Bonchev–Trinajstić information content (AvgIpc) is 2.84. The van der Waals surface area contributed by atoms with Gasteiger partial charge >= 0.3 is 0 Å². The number of hydrogen-bond acceptors (Lipinski definition) is 7. The number of carbonyl (C=O) groups excluding carboxylic acids is 1. The summed E-state index contributed by atoms with van der Waals surface area (Å²) in [7, 11) is -3.84. The number of aromatic nitrogens is 2. The quantitative estimate of drug-likeness (QED) is 0.466. The number of nitrogens with one attached hydrogen (secondary N) is 2. The zero-order valence-corrected chi connectivity index (χ0v) is 18.0. The first-order valence-corrected chi connectivity index (χ1v) is 11.5. The zero-order valence-electron chi connectivity index (χ0n) is 17.2. The molecule has 0 unspecified atom stereocenters. The minimum atomic E-state index is -3.84. The summed E-state index contributed by atoms with van der Waals surface area (Å²) in [6.07, 6.45) is 1.41. The fourth-order valence-corrected chi connectivity index (χ4v) is 4.36. The predicted octanol–water partition coefficient (Wildman–Crippen LogP) is 3.45. The number of sulfonamides is 1. The summed E-state index contributed by atoms with van der Waals surface area (Å²) in [5, 5.41) is 2.73. The van der Waals surface area contributed by atoms with Crippen LogP contribution in [0, 0.1) is 0 Å². The summed E-state index contributed by atoms with van der Waals surface area (Å²) in [4.78, 5) is 21.1. The molecule has 2 N–H and O–H groups in total. The number of anilines is 2.